The number of anilines is 1. The molecule has 0 saturated heterocycles. The number of phenols is 1. The Labute approximate surface area is 442 Å². The van der Waals surface area contributed by atoms with Gasteiger partial charge in [0.25, 0.3) is 0 Å². The summed E-state index contributed by atoms with van der Waals surface area (Å²) < 4.78 is 5.55. The van der Waals surface area contributed by atoms with Crippen LogP contribution in [0.5, 0.6) is 11.5 Å². The molecule has 3 aliphatic carbocycles. The van der Waals surface area contributed by atoms with Gasteiger partial charge in [0.15, 0.2) is 29.2 Å². The first-order valence-electron chi connectivity index (χ1n) is 27.8. The number of aromatic hydroxyl groups is 1. The number of rotatable bonds is 4. The van der Waals surface area contributed by atoms with E-state index in [0.29, 0.717) is 45.3 Å². The van der Waals surface area contributed by atoms with Gasteiger partial charge in [-0.05, 0) is 161 Å². The first-order valence-corrected chi connectivity index (χ1v) is 27.8. The SMILES string of the molecule is CCCC1C(O)Cc2cc(c[nH]2)C(C)CNCC(O)Cc2ccc3ccc(cc3c2)NC2=CC(=CCN2)C2(CCCC2)C2CC3C#CC(c4ccccc4)c4cc(O)c(OC)cc4CCC(=O)C(O)C(=O)C3CC1C2. The number of carbonyl (C=O) groups is 2. The largest absolute Gasteiger partial charge is 0.504 e. The van der Waals surface area contributed by atoms with Gasteiger partial charge in [-0.2, -0.15) is 0 Å². The molecule has 10 rings (SSSR count). The summed E-state index contributed by atoms with van der Waals surface area (Å²) in [5.74, 6) is 5.73. The fourth-order valence-electron chi connectivity index (χ4n) is 13.8. The first kappa shape index (κ1) is 52.3. The minimum Gasteiger partial charge on any atom is -0.504 e. The van der Waals surface area contributed by atoms with Gasteiger partial charge in [-0.3, -0.25) is 9.59 Å². The summed E-state index contributed by atoms with van der Waals surface area (Å²) in [5, 5.41) is 60.2. The number of ketones is 2. The van der Waals surface area contributed by atoms with Crippen LogP contribution in [0.3, 0.4) is 0 Å². The van der Waals surface area contributed by atoms with Crippen molar-refractivity contribution in [2.45, 2.75) is 127 Å². The maximum absolute atomic E-state index is 15.3. The van der Waals surface area contributed by atoms with E-state index >= 15 is 4.79 Å². The molecule has 11 heteroatoms. The lowest BCUT2D eigenvalue weighted by Crippen LogP contribution is -2.40. The minimum atomic E-state index is -1.82. The lowest BCUT2D eigenvalue weighted by Gasteiger charge is -2.43. The van der Waals surface area contributed by atoms with E-state index in [1.54, 1.807) is 12.1 Å². The van der Waals surface area contributed by atoms with E-state index in [2.05, 4.69) is 101 Å². The predicted octanol–water partition coefficient (Wildman–Crippen LogP) is 9.78. The molecule has 2 fully saturated rings. The molecule has 0 radical (unpaired) electrons. The molecule has 8 N–H and O–H groups in total. The number of methoxy groups -OCH3 is 1. The number of ether oxygens (including phenoxy) is 1. The van der Waals surface area contributed by atoms with Gasteiger partial charge in [0.1, 0.15) is 5.82 Å². The molecule has 4 aromatic carbocycles. The third-order valence-electron chi connectivity index (χ3n) is 17.8. The van der Waals surface area contributed by atoms with Crippen LogP contribution >= 0.6 is 0 Å². The van der Waals surface area contributed by atoms with E-state index in [-0.39, 0.29) is 53.4 Å². The number of nitrogens with one attached hydrogen (secondary N) is 4. The monoisotopic (exact) mass is 1010 g/mol. The summed E-state index contributed by atoms with van der Waals surface area (Å²) in [4.78, 5) is 33.0. The molecule has 5 aromatic rings. The average Bonchev–Trinajstić information content (AvgIpc) is 4.07. The van der Waals surface area contributed by atoms with Crippen LogP contribution in [0.4, 0.5) is 5.69 Å². The number of hydrogen-bond acceptors (Lipinski definition) is 10. The molecule has 9 bridgehead atoms. The summed E-state index contributed by atoms with van der Waals surface area (Å²) in [6.45, 7) is 6.10. The van der Waals surface area contributed by atoms with Crippen molar-refractivity contribution in [3.63, 3.8) is 0 Å². The van der Waals surface area contributed by atoms with E-state index < -0.39 is 47.6 Å². The zero-order chi connectivity index (χ0) is 52.2. The highest BCUT2D eigenvalue weighted by atomic mass is 16.5. The number of hydrogen-bond donors (Lipinski definition) is 8. The van der Waals surface area contributed by atoms with Crippen molar-refractivity contribution >= 4 is 28.0 Å². The zero-order valence-electron chi connectivity index (χ0n) is 43.9. The number of phenolic OH excluding ortho intramolecular Hbond substituents is 1. The molecule has 10 unspecified atom stereocenters. The molecule has 0 amide bonds. The molecule has 2 saturated carbocycles. The van der Waals surface area contributed by atoms with E-state index in [0.717, 1.165) is 101 Å². The summed E-state index contributed by atoms with van der Waals surface area (Å²) in [5.41, 5.74) is 7.55. The molecule has 75 heavy (non-hydrogen) atoms. The van der Waals surface area contributed by atoms with Crippen molar-refractivity contribution in [3.05, 3.63) is 148 Å². The highest BCUT2D eigenvalue weighted by Crippen LogP contribution is 2.58. The lowest BCUT2D eigenvalue weighted by atomic mass is 9.62. The van der Waals surface area contributed by atoms with Gasteiger partial charge in [-0.15, -0.1) is 0 Å². The van der Waals surface area contributed by atoms with E-state index in [9.17, 15) is 25.2 Å². The number of β-amino-alcohol motifs (C(OH)–C–C–N with tert-alkyl or cyclic N) is 1. The average molecular weight is 1010 g/mol. The van der Waals surface area contributed by atoms with Crippen LogP contribution in [0.25, 0.3) is 10.8 Å². The Hall–Kier alpha value is -6.16. The van der Waals surface area contributed by atoms with E-state index in [4.69, 9.17) is 4.74 Å². The van der Waals surface area contributed by atoms with Crippen LogP contribution in [-0.4, -0.2) is 82.0 Å². The second-order valence-corrected chi connectivity index (χ2v) is 22.6. The number of H-pyrrole nitrogens is 1. The number of allylic oxidation sites excluding steroid dienone is 2. The first-order chi connectivity index (χ1) is 36.4. The van der Waals surface area contributed by atoms with Crippen LogP contribution in [0.15, 0.2) is 115 Å². The van der Waals surface area contributed by atoms with Crippen LogP contribution in [0.1, 0.15) is 123 Å². The van der Waals surface area contributed by atoms with Gasteiger partial charge in [-0.25, -0.2) is 0 Å². The molecule has 2 aliphatic heterocycles. The quantitative estimate of drug-likeness (QED) is 0.0639. The molecular weight excluding hydrogens is 937 g/mol. The van der Waals surface area contributed by atoms with Crippen molar-refractivity contribution in [3.8, 4) is 23.3 Å². The summed E-state index contributed by atoms with van der Waals surface area (Å²) in [6, 6.07) is 28.5. The fourth-order valence-corrected chi connectivity index (χ4v) is 13.8. The normalized spacial score (nSPS) is 28.6. The molecule has 1 aromatic heterocycles. The van der Waals surface area contributed by atoms with Gasteiger partial charge in [0.05, 0.1) is 25.2 Å². The van der Waals surface area contributed by atoms with Crippen molar-refractivity contribution < 1.29 is 34.8 Å². The number of aryl methyl sites for hydroxylation is 1. The number of aliphatic hydroxyl groups is 3. The summed E-state index contributed by atoms with van der Waals surface area (Å²) in [6.07, 6.45) is 12.0. The maximum Gasteiger partial charge on any atom is 0.173 e. The van der Waals surface area contributed by atoms with Gasteiger partial charge >= 0.3 is 0 Å². The Bertz CT molecular complexity index is 2980. The molecular formula is C64H76N4O7. The second kappa shape index (κ2) is 23.0. The number of carbonyl (C=O) groups excluding carboxylic acids is 2. The second-order valence-electron chi connectivity index (χ2n) is 22.6. The van der Waals surface area contributed by atoms with Crippen LogP contribution in [-0.2, 0) is 28.9 Å². The summed E-state index contributed by atoms with van der Waals surface area (Å²) in [7, 11) is 1.49. The number of aliphatic hydroxyl groups excluding tert-OH is 3. The lowest BCUT2D eigenvalue weighted by molar-refractivity contribution is -0.142. The molecule has 5 aliphatic rings. The number of aromatic amines is 1. The highest BCUT2D eigenvalue weighted by Gasteiger charge is 2.51. The van der Waals surface area contributed by atoms with Crippen molar-refractivity contribution in [1.82, 2.24) is 15.6 Å². The van der Waals surface area contributed by atoms with E-state index in [1.165, 1.54) is 12.7 Å². The van der Waals surface area contributed by atoms with Gasteiger partial charge < -0.3 is 46.1 Å². The Balaban J connectivity index is 1.11. The molecule has 11 nitrogen and oxygen atoms in total. The topological polar surface area (TPSA) is 176 Å². The number of benzene rings is 4. The smallest absolute Gasteiger partial charge is 0.173 e. The van der Waals surface area contributed by atoms with Crippen LogP contribution < -0.4 is 20.7 Å². The molecule has 1 spiro atoms. The Morgan fingerprint density at radius 3 is 2.45 bits per heavy atom. The van der Waals surface area contributed by atoms with Gasteiger partial charge in [0, 0.05) is 61.9 Å². The standard InChI is InChI=1S/C64H76N4O7/c1-4-10-54-46-28-49(27-43-16-19-53(42-11-6-5-7-12-42)55-35-59(72)60(75-3)32-44(55)17-20-57(70)63(74)62(73)56(43)31-46)64(22-8-9-23-64)48-21-24-66-61(33-48)68-50-18-15-41-14-13-40(25-45(41)29-50)26-52(69)38-65-36-39(2)47-30-51(67-37-47)34-58(54)71/h5-7,11-15,18,21,25,29-30,32-33,35,37,39,43,46,49,52-54,56,58,63,65-69,71-72,74H,4,8-10,17,20,22-24,26-28,31,34,36,38H2,1-3H3. The van der Waals surface area contributed by atoms with Crippen molar-refractivity contribution in [1.29, 1.82) is 0 Å². The van der Waals surface area contributed by atoms with E-state index in [1.807, 2.05) is 36.5 Å². The molecule has 3 heterocycles. The van der Waals surface area contributed by atoms with Crippen LogP contribution in [0, 0.1) is 46.8 Å². The number of Topliss-reactive ketones (excluding diaryl/α,β-unsaturated/α-hetero) is 2. The Morgan fingerprint density at radius 2 is 1.65 bits per heavy atom. The third kappa shape index (κ3) is 11.4. The van der Waals surface area contributed by atoms with Crippen molar-refractivity contribution in [2.75, 3.05) is 32.1 Å². The maximum atomic E-state index is 15.3. The highest BCUT2D eigenvalue weighted by molar-refractivity contribution is 6.06. The Kier molecular flexibility index (Phi) is 16.0. The third-order valence-corrected chi connectivity index (χ3v) is 17.8. The van der Waals surface area contributed by atoms with Crippen molar-refractivity contribution in [2.24, 2.45) is 35.0 Å². The number of dihydropyridines is 1. The van der Waals surface area contributed by atoms with Gasteiger partial charge in [-0.1, -0.05) is 106 Å². The minimum absolute atomic E-state index is 0.0265. The predicted molar refractivity (Wildman–Crippen MR) is 295 cm³/mol. The number of fused-ring (bicyclic) bond motifs is 11. The Morgan fingerprint density at radius 1 is 0.840 bits per heavy atom. The van der Waals surface area contributed by atoms with Crippen LogP contribution in [0.2, 0.25) is 0 Å². The fraction of sp³-hybridized carbons (Fsp3) is 0.469. The molecule has 10 atom stereocenters. The van der Waals surface area contributed by atoms with Gasteiger partial charge in [0.2, 0.25) is 0 Å². The zero-order valence-corrected chi connectivity index (χ0v) is 43.9. The number of aromatic nitrogens is 1. The summed E-state index contributed by atoms with van der Waals surface area (Å²) >= 11 is 0. The molecule has 394 valence electrons.